The molecule has 2 N–H and O–H groups in total. The first-order chi connectivity index (χ1) is 12.3. The maximum absolute atomic E-state index is 12.8. The lowest BCUT2D eigenvalue weighted by molar-refractivity contribution is -0.184. The number of rotatable bonds is 5. The number of alkyl halides is 3. The van der Waals surface area contributed by atoms with E-state index in [1.807, 2.05) is 18.2 Å². The summed E-state index contributed by atoms with van der Waals surface area (Å²) in [4.78, 5) is 23.9. The zero-order valence-electron chi connectivity index (χ0n) is 14.5. The van der Waals surface area contributed by atoms with Crippen LogP contribution in [0, 0.1) is 5.92 Å². The Labute approximate surface area is 150 Å². The summed E-state index contributed by atoms with van der Waals surface area (Å²) in [6.07, 6.45) is -4.11. The molecule has 5 nitrogen and oxygen atoms in total. The van der Waals surface area contributed by atoms with Gasteiger partial charge in [-0.1, -0.05) is 36.8 Å². The van der Waals surface area contributed by atoms with Crippen molar-refractivity contribution in [1.29, 1.82) is 0 Å². The van der Waals surface area contributed by atoms with Crippen LogP contribution in [-0.2, 0) is 16.1 Å². The van der Waals surface area contributed by atoms with Crippen LogP contribution in [0.2, 0.25) is 0 Å². The summed E-state index contributed by atoms with van der Waals surface area (Å²) in [7, 11) is 0. The first kappa shape index (κ1) is 20.1. The van der Waals surface area contributed by atoms with Gasteiger partial charge in [0.2, 0.25) is 5.91 Å². The van der Waals surface area contributed by atoms with Gasteiger partial charge in [0, 0.05) is 6.04 Å². The van der Waals surface area contributed by atoms with E-state index in [1.54, 1.807) is 12.1 Å². The molecular weight excluding hydrogens is 349 g/mol. The molecule has 1 aliphatic carbocycles. The van der Waals surface area contributed by atoms with E-state index in [-0.39, 0.29) is 19.4 Å². The number of hydrogen-bond acceptors (Lipinski definition) is 3. The number of halogens is 3. The third-order valence-corrected chi connectivity index (χ3v) is 4.42. The summed E-state index contributed by atoms with van der Waals surface area (Å²) in [6, 6.07) is 7.62. The Kier molecular flexibility index (Phi) is 6.88. The van der Waals surface area contributed by atoms with Crippen LogP contribution in [-0.4, -0.2) is 30.3 Å². The van der Waals surface area contributed by atoms with Crippen molar-refractivity contribution >= 4 is 12.0 Å². The third kappa shape index (κ3) is 6.24. The van der Waals surface area contributed by atoms with Crippen LogP contribution in [0.25, 0.3) is 0 Å². The van der Waals surface area contributed by atoms with Gasteiger partial charge >= 0.3 is 12.3 Å². The van der Waals surface area contributed by atoms with E-state index in [1.165, 1.54) is 6.92 Å². The fraction of sp³-hybridized carbons (Fsp3) is 0.556. The predicted molar refractivity (Wildman–Crippen MR) is 89.2 cm³/mol. The molecule has 0 aromatic heterocycles. The van der Waals surface area contributed by atoms with Gasteiger partial charge in [-0.3, -0.25) is 4.79 Å². The molecule has 0 spiro atoms. The Bertz CT molecular complexity index is 607. The van der Waals surface area contributed by atoms with Crippen molar-refractivity contribution in [2.45, 2.75) is 57.5 Å². The van der Waals surface area contributed by atoms with Crippen molar-refractivity contribution in [3.05, 3.63) is 35.9 Å². The summed E-state index contributed by atoms with van der Waals surface area (Å²) >= 11 is 0. The highest BCUT2D eigenvalue weighted by atomic mass is 19.4. The lowest BCUT2D eigenvalue weighted by atomic mass is 9.85. The van der Waals surface area contributed by atoms with Crippen molar-refractivity contribution < 1.29 is 27.5 Å². The lowest BCUT2D eigenvalue weighted by Gasteiger charge is -2.31. The molecule has 144 valence electrons. The molecule has 26 heavy (non-hydrogen) atoms. The van der Waals surface area contributed by atoms with Crippen LogP contribution >= 0.6 is 0 Å². The van der Waals surface area contributed by atoms with Crippen molar-refractivity contribution in [2.75, 3.05) is 0 Å². The molecule has 2 rings (SSSR count). The van der Waals surface area contributed by atoms with Gasteiger partial charge in [-0.25, -0.2) is 4.79 Å². The number of alkyl carbamates (subject to hydrolysis) is 1. The maximum atomic E-state index is 12.8. The Balaban J connectivity index is 1.75. The highest BCUT2D eigenvalue weighted by Gasteiger charge is 2.42. The maximum Gasteiger partial charge on any atom is 0.408 e. The Morgan fingerprint density at radius 3 is 2.58 bits per heavy atom. The predicted octanol–water partition coefficient (Wildman–Crippen LogP) is 3.54. The SMILES string of the molecule is C[C@H](NC(=O)OCc1ccccc1)C(=O)N[C@@H]1CCC[C@@H](C(F)(F)F)C1. The number of nitrogens with one attached hydrogen (secondary N) is 2. The van der Waals surface area contributed by atoms with E-state index in [0.717, 1.165) is 5.56 Å². The van der Waals surface area contributed by atoms with Gasteiger partial charge in [0.15, 0.2) is 0 Å². The molecule has 0 heterocycles. The van der Waals surface area contributed by atoms with Crippen LogP contribution in [0.4, 0.5) is 18.0 Å². The van der Waals surface area contributed by atoms with E-state index in [9.17, 15) is 22.8 Å². The molecule has 0 aliphatic heterocycles. The zero-order valence-corrected chi connectivity index (χ0v) is 14.5. The van der Waals surface area contributed by atoms with Crippen LogP contribution in [0.5, 0.6) is 0 Å². The molecule has 1 aliphatic rings. The molecule has 0 unspecified atom stereocenters. The zero-order chi connectivity index (χ0) is 19.2. The molecule has 3 atom stereocenters. The van der Waals surface area contributed by atoms with Gasteiger partial charge in [0.1, 0.15) is 12.6 Å². The van der Waals surface area contributed by atoms with Crippen molar-refractivity contribution in [3.8, 4) is 0 Å². The fourth-order valence-corrected chi connectivity index (χ4v) is 2.95. The summed E-state index contributed by atoms with van der Waals surface area (Å²) < 4.78 is 43.5. The van der Waals surface area contributed by atoms with E-state index in [0.29, 0.717) is 12.8 Å². The number of carbonyl (C=O) groups is 2. The van der Waals surface area contributed by atoms with Gasteiger partial charge in [-0.2, -0.15) is 13.2 Å². The second-order valence-corrected chi connectivity index (χ2v) is 6.54. The Morgan fingerprint density at radius 1 is 1.23 bits per heavy atom. The number of ether oxygens (including phenoxy) is 1. The summed E-state index contributed by atoms with van der Waals surface area (Å²) in [5.74, 6) is -1.91. The van der Waals surface area contributed by atoms with Gasteiger partial charge in [0.25, 0.3) is 0 Å². The van der Waals surface area contributed by atoms with Gasteiger partial charge in [-0.05, 0) is 31.7 Å². The molecule has 2 amide bonds. The number of hydrogen-bond donors (Lipinski definition) is 2. The van der Waals surface area contributed by atoms with E-state index in [2.05, 4.69) is 10.6 Å². The second kappa shape index (κ2) is 8.91. The highest BCUT2D eigenvalue weighted by molar-refractivity contribution is 5.85. The van der Waals surface area contributed by atoms with Gasteiger partial charge in [-0.15, -0.1) is 0 Å². The van der Waals surface area contributed by atoms with Crippen molar-refractivity contribution in [3.63, 3.8) is 0 Å². The normalized spacial score (nSPS) is 21.5. The molecule has 0 saturated heterocycles. The van der Waals surface area contributed by atoms with Crippen LogP contribution in [0.3, 0.4) is 0 Å². The molecule has 0 radical (unpaired) electrons. The Morgan fingerprint density at radius 2 is 1.92 bits per heavy atom. The Hall–Kier alpha value is -2.25. The summed E-state index contributed by atoms with van der Waals surface area (Å²) in [5.41, 5.74) is 0.806. The number of amides is 2. The smallest absolute Gasteiger partial charge is 0.408 e. The standard InChI is InChI=1S/C18H23F3N2O3/c1-12(22-17(25)26-11-13-6-3-2-4-7-13)16(24)23-15-9-5-8-14(10-15)18(19,20)21/h2-4,6-7,12,14-15H,5,8-11H2,1H3,(H,22,25)(H,23,24)/t12-,14+,15+/m0/s1. The largest absolute Gasteiger partial charge is 0.445 e. The average Bonchev–Trinajstić information content (AvgIpc) is 2.60. The van der Waals surface area contributed by atoms with Crippen LogP contribution in [0.1, 0.15) is 38.2 Å². The summed E-state index contributed by atoms with van der Waals surface area (Å²) in [5, 5.41) is 4.98. The van der Waals surface area contributed by atoms with Crippen LogP contribution in [0.15, 0.2) is 30.3 Å². The quantitative estimate of drug-likeness (QED) is 0.831. The van der Waals surface area contributed by atoms with Crippen LogP contribution < -0.4 is 10.6 Å². The molecule has 1 aromatic carbocycles. The first-order valence-electron chi connectivity index (χ1n) is 8.60. The van der Waals surface area contributed by atoms with E-state index >= 15 is 0 Å². The molecule has 1 saturated carbocycles. The minimum atomic E-state index is -4.24. The number of benzene rings is 1. The monoisotopic (exact) mass is 372 g/mol. The van der Waals surface area contributed by atoms with Crippen molar-refractivity contribution in [2.24, 2.45) is 5.92 Å². The lowest BCUT2D eigenvalue weighted by Crippen LogP contribution is -2.50. The summed E-state index contributed by atoms with van der Waals surface area (Å²) in [6.45, 7) is 1.53. The van der Waals surface area contributed by atoms with Gasteiger partial charge < -0.3 is 15.4 Å². The molecular formula is C18H23F3N2O3. The minimum absolute atomic E-state index is 0.0664. The molecule has 1 fully saturated rings. The topological polar surface area (TPSA) is 67.4 Å². The van der Waals surface area contributed by atoms with E-state index < -0.39 is 36.2 Å². The second-order valence-electron chi connectivity index (χ2n) is 6.54. The highest BCUT2D eigenvalue weighted by Crippen LogP contribution is 2.37. The van der Waals surface area contributed by atoms with Gasteiger partial charge in [0.05, 0.1) is 5.92 Å². The first-order valence-corrected chi connectivity index (χ1v) is 8.60. The van der Waals surface area contributed by atoms with E-state index in [4.69, 9.17) is 4.74 Å². The minimum Gasteiger partial charge on any atom is -0.445 e. The molecule has 0 bridgehead atoms. The fourth-order valence-electron chi connectivity index (χ4n) is 2.95. The van der Waals surface area contributed by atoms with Crippen molar-refractivity contribution in [1.82, 2.24) is 10.6 Å². The third-order valence-electron chi connectivity index (χ3n) is 4.42. The number of carbonyl (C=O) groups excluding carboxylic acids is 2. The molecule has 8 heteroatoms. The average molecular weight is 372 g/mol. The molecule has 1 aromatic rings.